The van der Waals surface area contributed by atoms with Crippen LogP contribution in [0.3, 0.4) is 0 Å². The third-order valence-electron chi connectivity index (χ3n) is 3.54. The van der Waals surface area contributed by atoms with E-state index in [0.29, 0.717) is 17.6 Å². The Morgan fingerprint density at radius 2 is 1.86 bits per heavy atom. The van der Waals surface area contributed by atoms with E-state index < -0.39 is 0 Å². The fourth-order valence-electron chi connectivity index (χ4n) is 1.97. The van der Waals surface area contributed by atoms with Gasteiger partial charge in [-0.1, -0.05) is 37.3 Å². The van der Waals surface area contributed by atoms with Crippen molar-refractivity contribution in [3.05, 3.63) is 54.0 Å². The van der Waals surface area contributed by atoms with Crippen LogP contribution in [0, 0.1) is 0 Å². The number of amides is 1. The molecule has 0 fully saturated rings. The molecule has 0 radical (unpaired) electrons. The monoisotopic (exact) mass is 298 g/mol. The Labute approximate surface area is 131 Å². The quantitative estimate of drug-likeness (QED) is 0.859. The van der Waals surface area contributed by atoms with E-state index in [1.807, 2.05) is 37.3 Å². The van der Waals surface area contributed by atoms with Gasteiger partial charge in [0, 0.05) is 6.04 Å². The maximum Gasteiger partial charge on any atom is 0.271 e. The number of aromatic nitrogens is 2. The Balaban J connectivity index is 1.98. The Morgan fingerprint density at radius 1 is 1.14 bits per heavy atom. The summed E-state index contributed by atoms with van der Waals surface area (Å²) in [4.78, 5) is 20.6. The van der Waals surface area contributed by atoms with Gasteiger partial charge in [-0.05, 0) is 25.8 Å². The lowest BCUT2D eigenvalue weighted by atomic mass is 10.1. The van der Waals surface area contributed by atoms with Crippen molar-refractivity contribution in [1.29, 1.82) is 0 Å². The van der Waals surface area contributed by atoms with Gasteiger partial charge >= 0.3 is 0 Å². The number of carbonyl (C=O) groups excluding carboxylic acids is 1. The van der Waals surface area contributed by atoms with Crippen LogP contribution in [0.25, 0.3) is 0 Å². The van der Waals surface area contributed by atoms with Crippen molar-refractivity contribution in [3.63, 3.8) is 0 Å². The van der Waals surface area contributed by atoms with Crippen LogP contribution >= 0.6 is 0 Å². The third-order valence-corrected chi connectivity index (χ3v) is 3.54. The minimum Gasteiger partial charge on any atom is -0.366 e. The largest absolute Gasteiger partial charge is 0.366 e. The summed E-state index contributed by atoms with van der Waals surface area (Å²) in [5, 5.41) is 6.14. The molecule has 0 spiro atoms. The van der Waals surface area contributed by atoms with Gasteiger partial charge in [-0.15, -0.1) is 0 Å². The number of hydrogen-bond donors (Lipinski definition) is 2. The molecule has 5 nitrogen and oxygen atoms in total. The van der Waals surface area contributed by atoms with Gasteiger partial charge in [0.2, 0.25) is 0 Å². The molecular formula is C17H22N4O. The lowest BCUT2D eigenvalue weighted by molar-refractivity contribution is 0.0934. The van der Waals surface area contributed by atoms with Crippen LogP contribution in [0.4, 0.5) is 5.82 Å². The molecule has 2 unspecified atom stereocenters. The summed E-state index contributed by atoms with van der Waals surface area (Å²) in [5.41, 5.74) is 1.37. The predicted octanol–water partition coefficient (Wildman–Crippen LogP) is 3.18. The first kappa shape index (κ1) is 15.9. The summed E-state index contributed by atoms with van der Waals surface area (Å²) in [6.07, 6.45) is 4.09. The van der Waals surface area contributed by atoms with Crippen LogP contribution in [-0.4, -0.2) is 21.9 Å². The Bertz CT molecular complexity index is 598. The van der Waals surface area contributed by atoms with E-state index >= 15 is 0 Å². The van der Waals surface area contributed by atoms with Gasteiger partial charge in [-0.2, -0.15) is 0 Å². The van der Waals surface area contributed by atoms with Crippen LogP contribution in [0.15, 0.2) is 42.7 Å². The molecule has 0 bridgehead atoms. The molecule has 2 N–H and O–H groups in total. The van der Waals surface area contributed by atoms with Crippen molar-refractivity contribution in [2.24, 2.45) is 0 Å². The van der Waals surface area contributed by atoms with E-state index in [4.69, 9.17) is 0 Å². The summed E-state index contributed by atoms with van der Waals surface area (Å²) < 4.78 is 0. The first-order valence-electron chi connectivity index (χ1n) is 7.54. The van der Waals surface area contributed by atoms with Crippen molar-refractivity contribution in [3.8, 4) is 0 Å². The molecule has 0 saturated carbocycles. The molecule has 2 aromatic rings. The molecule has 1 amide bonds. The summed E-state index contributed by atoms with van der Waals surface area (Å²) in [7, 11) is 0. The van der Waals surface area contributed by atoms with Crippen molar-refractivity contribution < 1.29 is 4.79 Å². The van der Waals surface area contributed by atoms with Crippen LogP contribution in [0.5, 0.6) is 0 Å². The summed E-state index contributed by atoms with van der Waals surface area (Å²) >= 11 is 0. The average molecular weight is 298 g/mol. The highest BCUT2D eigenvalue weighted by atomic mass is 16.1. The number of nitrogens with zero attached hydrogens (tertiary/aromatic N) is 2. The van der Waals surface area contributed by atoms with Gasteiger partial charge in [0.05, 0.1) is 18.4 Å². The Morgan fingerprint density at radius 3 is 2.45 bits per heavy atom. The van der Waals surface area contributed by atoms with E-state index in [1.165, 1.54) is 6.20 Å². The molecule has 1 aromatic heterocycles. The summed E-state index contributed by atoms with van der Waals surface area (Å²) in [6, 6.07) is 10.1. The molecule has 0 saturated heterocycles. The molecule has 5 heteroatoms. The minimum absolute atomic E-state index is 0.0755. The van der Waals surface area contributed by atoms with Crippen LogP contribution < -0.4 is 10.6 Å². The molecular weight excluding hydrogens is 276 g/mol. The zero-order chi connectivity index (χ0) is 15.9. The fraction of sp³-hybridized carbons (Fsp3) is 0.353. The smallest absolute Gasteiger partial charge is 0.271 e. The molecule has 2 rings (SSSR count). The number of carbonyl (C=O) groups is 1. The molecule has 116 valence electrons. The lowest BCUT2D eigenvalue weighted by Gasteiger charge is -2.14. The van der Waals surface area contributed by atoms with Crippen LogP contribution in [-0.2, 0) is 0 Å². The third kappa shape index (κ3) is 4.28. The zero-order valence-electron chi connectivity index (χ0n) is 13.2. The summed E-state index contributed by atoms with van der Waals surface area (Å²) in [6.45, 7) is 6.11. The first-order valence-corrected chi connectivity index (χ1v) is 7.54. The van der Waals surface area contributed by atoms with E-state index in [9.17, 15) is 4.79 Å². The Hall–Kier alpha value is -2.43. The average Bonchev–Trinajstić information content (AvgIpc) is 2.56. The highest BCUT2D eigenvalue weighted by molar-refractivity contribution is 5.92. The second kappa shape index (κ2) is 7.54. The minimum atomic E-state index is -0.223. The number of nitrogens with one attached hydrogen (secondary N) is 2. The van der Waals surface area contributed by atoms with Gasteiger partial charge < -0.3 is 10.6 Å². The molecule has 0 aliphatic carbocycles. The molecule has 2 atom stereocenters. The van der Waals surface area contributed by atoms with Crippen molar-refractivity contribution >= 4 is 11.7 Å². The number of rotatable bonds is 6. The molecule has 0 aliphatic heterocycles. The SMILES string of the molecule is CCC(C)Nc1cnc(C(=O)NC(C)c2ccccc2)cn1. The van der Waals surface area contributed by atoms with E-state index in [0.717, 1.165) is 12.0 Å². The second-order valence-corrected chi connectivity index (χ2v) is 5.35. The van der Waals surface area contributed by atoms with Crippen molar-refractivity contribution in [2.45, 2.75) is 39.3 Å². The lowest BCUT2D eigenvalue weighted by Crippen LogP contribution is -2.27. The second-order valence-electron chi connectivity index (χ2n) is 5.35. The van der Waals surface area contributed by atoms with Crippen molar-refractivity contribution in [1.82, 2.24) is 15.3 Å². The van der Waals surface area contributed by atoms with Gasteiger partial charge in [-0.25, -0.2) is 9.97 Å². The standard InChI is InChI=1S/C17H22N4O/c1-4-12(2)20-16-11-18-15(10-19-16)17(22)21-13(3)14-8-6-5-7-9-14/h5-13H,4H2,1-3H3,(H,19,20)(H,21,22). The highest BCUT2D eigenvalue weighted by Gasteiger charge is 2.13. The van der Waals surface area contributed by atoms with E-state index in [-0.39, 0.29) is 11.9 Å². The van der Waals surface area contributed by atoms with E-state index in [1.54, 1.807) is 6.20 Å². The number of anilines is 1. The maximum atomic E-state index is 12.2. The normalized spacial score (nSPS) is 13.2. The number of benzene rings is 1. The first-order chi connectivity index (χ1) is 10.6. The predicted molar refractivity (Wildman–Crippen MR) is 87.7 cm³/mol. The zero-order valence-corrected chi connectivity index (χ0v) is 13.2. The summed E-state index contributed by atoms with van der Waals surface area (Å²) in [5.74, 6) is 0.459. The van der Waals surface area contributed by atoms with Gasteiger partial charge in [-0.3, -0.25) is 4.79 Å². The topological polar surface area (TPSA) is 66.9 Å². The van der Waals surface area contributed by atoms with Crippen LogP contribution in [0.2, 0.25) is 0 Å². The van der Waals surface area contributed by atoms with Gasteiger partial charge in [0.25, 0.3) is 5.91 Å². The number of hydrogen-bond acceptors (Lipinski definition) is 4. The molecule has 1 aromatic carbocycles. The van der Waals surface area contributed by atoms with Crippen LogP contribution in [0.1, 0.15) is 49.3 Å². The van der Waals surface area contributed by atoms with Crippen molar-refractivity contribution in [2.75, 3.05) is 5.32 Å². The molecule has 0 aliphatic rings. The maximum absolute atomic E-state index is 12.2. The van der Waals surface area contributed by atoms with E-state index in [2.05, 4.69) is 34.4 Å². The van der Waals surface area contributed by atoms with Gasteiger partial charge in [0.1, 0.15) is 11.5 Å². The Kier molecular flexibility index (Phi) is 5.47. The molecule has 1 heterocycles. The van der Waals surface area contributed by atoms with Gasteiger partial charge in [0.15, 0.2) is 0 Å². The highest BCUT2D eigenvalue weighted by Crippen LogP contribution is 2.12. The fourth-order valence-corrected chi connectivity index (χ4v) is 1.97. The molecule has 22 heavy (non-hydrogen) atoms.